The van der Waals surface area contributed by atoms with Crippen molar-refractivity contribution in [2.45, 2.75) is 5.79 Å². The van der Waals surface area contributed by atoms with Crippen molar-refractivity contribution in [3.05, 3.63) is 35.9 Å². The van der Waals surface area contributed by atoms with Gasteiger partial charge in [0.1, 0.15) is 0 Å². The molecule has 0 radical (unpaired) electrons. The zero-order valence-electron chi connectivity index (χ0n) is 7.29. The number of thiocarbonyl (C=S) groups is 1. The first-order valence-corrected chi connectivity index (χ1v) is 4.54. The van der Waals surface area contributed by atoms with Crippen LogP contribution >= 0.6 is 12.2 Å². The summed E-state index contributed by atoms with van der Waals surface area (Å²) < 4.78 is 0. The lowest BCUT2D eigenvalue weighted by atomic mass is 10.2. The Morgan fingerprint density at radius 3 is 2.57 bits per heavy atom. The largest absolute Gasteiger partial charge is 0.283 e. The quantitative estimate of drug-likeness (QED) is 0.742. The van der Waals surface area contributed by atoms with Crippen molar-refractivity contribution in [1.29, 1.82) is 0 Å². The summed E-state index contributed by atoms with van der Waals surface area (Å²) >= 11 is 4.72. The Morgan fingerprint density at radius 1 is 1.29 bits per heavy atom. The van der Waals surface area contributed by atoms with Crippen molar-refractivity contribution in [1.82, 2.24) is 0 Å². The molecule has 0 saturated carbocycles. The van der Waals surface area contributed by atoms with Crippen molar-refractivity contribution in [2.24, 2.45) is 21.0 Å². The summed E-state index contributed by atoms with van der Waals surface area (Å²) in [5.74, 6) is -0.630. The molecule has 1 aromatic rings. The topological polar surface area (TPSA) is 63.1 Å². The van der Waals surface area contributed by atoms with E-state index in [0.29, 0.717) is 5.84 Å². The molecule has 1 aromatic carbocycles. The van der Waals surface area contributed by atoms with Crippen molar-refractivity contribution >= 4 is 23.4 Å². The lowest BCUT2D eigenvalue weighted by molar-refractivity contribution is 0.647. The lowest BCUT2D eigenvalue weighted by Crippen LogP contribution is -2.34. The van der Waals surface area contributed by atoms with Crippen LogP contribution in [-0.4, -0.2) is 17.0 Å². The van der Waals surface area contributed by atoms with Gasteiger partial charge in [-0.25, -0.2) is 4.99 Å². The monoisotopic (exact) mass is 204 g/mol. The van der Waals surface area contributed by atoms with Crippen LogP contribution in [0.15, 0.2) is 45.6 Å². The van der Waals surface area contributed by atoms with E-state index in [4.69, 9.17) is 18.0 Å². The molecule has 4 nitrogen and oxygen atoms in total. The Bertz CT molecular complexity index is 412. The van der Waals surface area contributed by atoms with Crippen LogP contribution in [-0.2, 0) is 0 Å². The van der Waals surface area contributed by atoms with E-state index in [1.54, 1.807) is 0 Å². The van der Waals surface area contributed by atoms with Crippen molar-refractivity contribution < 1.29 is 0 Å². The minimum atomic E-state index is -1.15. The van der Waals surface area contributed by atoms with Gasteiger partial charge >= 0.3 is 0 Å². The summed E-state index contributed by atoms with van der Waals surface area (Å²) in [6.45, 7) is 0. The maximum absolute atomic E-state index is 5.68. The van der Waals surface area contributed by atoms with E-state index in [1.165, 1.54) is 5.37 Å². The fraction of sp³-hybridized carbons (Fsp3) is 0.111. The number of benzene rings is 1. The van der Waals surface area contributed by atoms with Crippen molar-refractivity contribution in [3.8, 4) is 0 Å². The summed E-state index contributed by atoms with van der Waals surface area (Å²) in [6.07, 6.45) is 0. The van der Waals surface area contributed by atoms with Crippen LogP contribution in [0.25, 0.3) is 0 Å². The van der Waals surface area contributed by atoms with Gasteiger partial charge in [0.2, 0.25) is 0 Å². The maximum atomic E-state index is 5.68. The Labute approximate surface area is 86.6 Å². The van der Waals surface area contributed by atoms with Crippen LogP contribution in [0.1, 0.15) is 5.56 Å². The van der Waals surface area contributed by atoms with Gasteiger partial charge in [0.15, 0.2) is 5.84 Å². The molecule has 0 amide bonds. The second-order valence-electron chi connectivity index (χ2n) is 2.90. The van der Waals surface area contributed by atoms with Crippen LogP contribution in [0.4, 0.5) is 0 Å². The molecule has 0 saturated heterocycles. The lowest BCUT2D eigenvalue weighted by Gasteiger charge is -2.05. The normalized spacial score (nSPS) is 24.8. The fourth-order valence-corrected chi connectivity index (χ4v) is 1.20. The van der Waals surface area contributed by atoms with Gasteiger partial charge in [-0.05, 0) is 0 Å². The highest BCUT2D eigenvalue weighted by molar-refractivity contribution is 7.79. The zero-order chi connectivity index (χ0) is 10.0. The highest BCUT2D eigenvalue weighted by Crippen LogP contribution is 2.16. The predicted octanol–water partition coefficient (Wildman–Crippen LogP) is 1.51. The molecule has 5 heteroatoms. The van der Waals surface area contributed by atoms with Gasteiger partial charge in [0.25, 0.3) is 5.79 Å². The average Bonchev–Trinajstić information content (AvgIpc) is 2.63. The summed E-state index contributed by atoms with van der Waals surface area (Å²) in [5, 5.41) is 8.96. The molecule has 70 valence electrons. The Hall–Kier alpha value is -1.46. The van der Waals surface area contributed by atoms with Crippen LogP contribution in [0, 0.1) is 0 Å². The smallest absolute Gasteiger partial charge is 0.253 e. The van der Waals surface area contributed by atoms with Crippen LogP contribution in [0.5, 0.6) is 0 Å². The van der Waals surface area contributed by atoms with Crippen molar-refractivity contribution in [2.75, 3.05) is 0 Å². The minimum absolute atomic E-state index is 0.522. The van der Waals surface area contributed by atoms with Gasteiger partial charge in [0.05, 0.1) is 0 Å². The molecule has 1 heterocycles. The summed E-state index contributed by atoms with van der Waals surface area (Å²) in [6, 6.07) is 9.52. The predicted molar refractivity (Wildman–Crippen MR) is 58.4 cm³/mol. The second-order valence-corrected chi connectivity index (χ2v) is 3.14. The molecule has 0 bridgehead atoms. The standard InChI is InChI=1S/C9H8N4S/c10-9(6-14)11-8(12-13-9)7-4-2-1-3-5-7/h1-6H,10H2. The number of amidine groups is 1. The highest BCUT2D eigenvalue weighted by Gasteiger charge is 2.26. The van der Waals surface area contributed by atoms with E-state index in [2.05, 4.69) is 15.2 Å². The van der Waals surface area contributed by atoms with E-state index >= 15 is 0 Å². The van der Waals surface area contributed by atoms with Gasteiger partial charge in [-0.2, -0.15) is 0 Å². The molecule has 0 spiro atoms. The SMILES string of the molecule is NC1(C=S)N=NC(c2ccccc2)=N1. The first kappa shape index (κ1) is 9.11. The third-order valence-corrected chi connectivity index (χ3v) is 2.14. The third kappa shape index (κ3) is 1.59. The zero-order valence-corrected chi connectivity index (χ0v) is 8.11. The number of azo groups is 1. The molecule has 0 aromatic heterocycles. The summed E-state index contributed by atoms with van der Waals surface area (Å²) in [7, 11) is 0. The van der Waals surface area contributed by atoms with E-state index in [-0.39, 0.29) is 0 Å². The van der Waals surface area contributed by atoms with Gasteiger partial charge < -0.3 is 0 Å². The van der Waals surface area contributed by atoms with E-state index in [9.17, 15) is 0 Å². The minimum Gasteiger partial charge on any atom is -0.283 e. The van der Waals surface area contributed by atoms with Gasteiger partial charge in [-0.15, -0.1) is 10.2 Å². The third-order valence-electron chi connectivity index (χ3n) is 1.80. The van der Waals surface area contributed by atoms with E-state index in [0.717, 1.165) is 5.56 Å². The van der Waals surface area contributed by atoms with Crippen LogP contribution < -0.4 is 5.73 Å². The molecule has 0 fully saturated rings. The molecule has 2 rings (SSSR count). The van der Waals surface area contributed by atoms with Gasteiger partial charge in [-0.3, -0.25) is 5.73 Å². The van der Waals surface area contributed by atoms with E-state index < -0.39 is 5.79 Å². The summed E-state index contributed by atoms with van der Waals surface area (Å²) in [4.78, 5) is 4.11. The first-order chi connectivity index (χ1) is 6.73. The molecule has 14 heavy (non-hydrogen) atoms. The number of hydrogen-bond donors (Lipinski definition) is 1. The molecule has 1 unspecified atom stereocenters. The number of nitrogens with two attached hydrogens (primary N) is 1. The molecular weight excluding hydrogens is 196 g/mol. The number of rotatable bonds is 2. The Balaban J connectivity index is 2.37. The average molecular weight is 204 g/mol. The molecule has 1 aliphatic heterocycles. The van der Waals surface area contributed by atoms with Crippen LogP contribution in [0.2, 0.25) is 0 Å². The van der Waals surface area contributed by atoms with E-state index in [1.807, 2.05) is 30.3 Å². The first-order valence-electron chi connectivity index (χ1n) is 4.07. The highest BCUT2D eigenvalue weighted by atomic mass is 32.1. The molecule has 1 aliphatic rings. The molecular formula is C9H8N4S. The number of nitrogens with zero attached hydrogens (tertiary/aromatic N) is 3. The summed E-state index contributed by atoms with van der Waals surface area (Å²) in [5.41, 5.74) is 6.57. The molecule has 0 aliphatic carbocycles. The fourth-order valence-electron chi connectivity index (χ4n) is 1.10. The van der Waals surface area contributed by atoms with Crippen LogP contribution in [0.3, 0.4) is 0 Å². The van der Waals surface area contributed by atoms with Gasteiger partial charge in [0, 0.05) is 10.9 Å². The maximum Gasteiger partial charge on any atom is 0.253 e. The molecule has 2 N–H and O–H groups in total. The Kier molecular flexibility index (Phi) is 2.18. The molecule has 1 atom stereocenters. The van der Waals surface area contributed by atoms with Crippen molar-refractivity contribution in [3.63, 3.8) is 0 Å². The van der Waals surface area contributed by atoms with Gasteiger partial charge in [-0.1, -0.05) is 42.5 Å². The number of aliphatic imine (C=N–C) groups is 1. The number of hydrogen-bond acceptors (Lipinski definition) is 5. The second kappa shape index (κ2) is 3.36. The Morgan fingerprint density at radius 2 is 2.00 bits per heavy atom.